The number of β-lactam (4-membered cyclic amide) rings is 1. The molecule has 1 aliphatic carbocycles. The second-order valence-electron chi connectivity index (χ2n) is 8.28. The molecular weight excluding hydrogens is 522 g/mol. The number of anilines is 1. The summed E-state index contributed by atoms with van der Waals surface area (Å²) >= 11 is 0.983. The highest BCUT2D eigenvalue weighted by Gasteiger charge is 2.56. The summed E-state index contributed by atoms with van der Waals surface area (Å²) < 4.78 is 33.4. The van der Waals surface area contributed by atoms with Crippen LogP contribution in [0.3, 0.4) is 0 Å². The fourth-order valence-electron chi connectivity index (χ4n) is 3.78. The molecule has 2 aromatic heterocycles. The Morgan fingerprint density at radius 1 is 1.33 bits per heavy atom. The zero-order valence-corrected chi connectivity index (χ0v) is 19.8. The van der Waals surface area contributed by atoms with E-state index in [9.17, 15) is 32.5 Å². The number of rotatable bonds is 9. The van der Waals surface area contributed by atoms with Gasteiger partial charge in [0.05, 0.1) is 6.54 Å². The molecule has 2 aliphatic heterocycles. The summed E-state index contributed by atoms with van der Waals surface area (Å²) in [5, 5.41) is 28.3. The fraction of sp³-hybridized carbons (Fsp3) is 0.471. The monoisotopic (exact) mass is 541 g/mol. The SMILES string of the molecule is Nc1nc(/C(=N/OC2(C(=O)O)CC2)C(=O)NC2C(=O)N(S(=O)(=O)O)C2Cn2nc3c(n2)CNC3)cs1. The Labute approximate surface area is 206 Å². The van der Waals surface area contributed by atoms with Crippen LogP contribution in [-0.4, -0.2) is 83.5 Å². The molecule has 4 heterocycles. The van der Waals surface area contributed by atoms with Gasteiger partial charge in [-0.05, 0) is 0 Å². The first kappa shape index (κ1) is 24.0. The Hall–Kier alpha value is -3.68. The number of nitrogens with one attached hydrogen (secondary N) is 2. The molecule has 19 heteroatoms. The van der Waals surface area contributed by atoms with Gasteiger partial charge in [-0.2, -0.15) is 23.4 Å². The number of carboxylic acids is 1. The number of nitrogens with zero attached hydrogens (tertiary/aromatic N) is 6. The van der Waals surface area contributed by atoms with Gasteiger partial charge in [0.15, 0.2) is 10.8 Å². The minimum Gasteiger partial charge on any atom is -0.478 e. The third kappa shape index (κ3) is 4.25. The van der Waals surface area contributed by atoms with Crippen LogP contribution in [-0.2, 0) is 49.2 Å². The molecule has 36 heavy (non-hydrogen) atoms. The Morgan fingerprint density at radius 3 is 2.53 bits per heavy atom. The highest BCUT2D eigenvalue weighted by Crippen LogP contribution is 2.40. The molecule has 17 nitrogen and oxygen atoms in total. The molecule has 6 N–H and O–H groups in total. The first-order valence-corrected chi connectivity index (χ1v) is 12.7. The number of nitrogens with two attached hydrogens (primary N) is 1. The maximum absolute atomic E-state index is 13.1. The van der Waals surface area contributed by atoms with E-state index >= 15 is 0 Å². The van der Waals surface area contributed by atoms with Crippen molar-refractivity contribution in [3.05, 3.63) is 22.5 Å². The predicted octanol–water partition coefficient (Wildman–Crippen LogP) is -2.54. The lowest BCUT2D eigenvalue weighted by Gasteiger charge is -2.43. The third-order valence-corrected chi connectivity index (χ3v) is 7.45. The summed E-state index contributed by atoms with van der Waals surface area (Å²) in [5.41, 5.74) is 4.87. The van der Waals surface area contributed by atoms with Crippen LogP contribution in [0.4, 0.5) is 5.13 Å². The number of aliphatic carboxylic acids is 1. The summed E-state index contributed by atoms with van der Waals surface area (Å²) in [4.78, 5) is 47.4. The van der Waals surface area contributed by atoms with Crippen LogP contribution in [0.15, 0.2) is 10.5 Å². The average Bonchev–Trinajstić information content (AvgIpc) is 3.06. The van der Waals surface area contributed by atoms with Crippen molar-refractivity contribution in [2.75, 3.05) is 5.73 Å². The van der Waals surface area contributed by atoms with Crippen molar-refractivity contribution in [2.24, 2.45) is 5.16 Å². The van der Waals surface area contributed by atoms with Crippen molar-refractivity contribution in [1.29, 1.82) is 0 Å². The minimum atomic E-state index is -4.94. The summed E-state index contributed by atoms with van der Waals surface area (Å²) in [6, 6.07) is -2.66. The van der Waals surface area contributed by atoms with E-state index in [-0.39, 0.29) is 34.5 Å². The smallest absolute Gasteiger partial charge is 0.362 e. The molecule has 0 bridgehead atoms. The maximum Gasteiger partial charge on any atom is 0.362 e. The molecule has 2 aromatic rings. The molecule has 0 radical (unpaired) electrons. The second kappa shape index (κ2) is 8.47. The van der Waals surface area contributed by atoms with E-state index in [0.29, 0.717) is 24.5 Å². The van der Waals surface area contributed by atoms with Crippen LogP contribution < -0.4 is 16.4 Å². The van der Waals surface area contributed by atoms with Gasteiger partial charge < -0.3 is 26.3 Å². The fourth-order valence-corrected chi connectivity index (χ4v) is 5.20. The highest BCUT2D eigenvalue weighted by atomic mass is 32.2. The number of carboxylic acid groups (broad SMARTS) is 1. The molecule has 1 saturated carbocycles. The van der Waals surface area contributed by atoms with Crippen LogP contribution in [0.1, 0.15) is 29.9 Å². The number of nitrogen functional groups attached to an aromatic ring is 1. The number of aromatic nitrogens is 4. The minimum absolute atomic E-state index is 0.0381. The molecule has 1 saturated heterocycles. The second-order valence-corrected chi connectivity index (χ2v) is 10.5. The summed E-state index contributed by atoms with van der Waals surface area (Å²) in [5.74, 6) is -3.35. The van der Waals surface area contributed by atoms with Crippen molar-refractivity contribution in [3.8, 4) is 0 Å². The van der Waals surface area contributed by atoms with Crippen molar-refractivity contribution >= 4 is 50.3 Å². The maximum atomic E-state index is 13.1. The number of hydrogen-bond acceptors (Lipinski definition) is 13. The van der Waals surface area contributed by atoms with Gasteiger partial charge in [-0.3, -0.25) is 14.1 Å². The van der Waals surface area contributed by atoms with E-state index in [0.717, 1.165) is 11.3 Å². The van der Waals surface area contributed by atoms with Crippen molar-refractivity contribution in [2.45, 2.75) is 50.2 Å². The molecule has 0 aromatic carbocycles. The predicted molar refractivity (Wildman–Crippen MR) is 118 cm³/mol. The average molecular weight is 542 g/mol. The van der Waals surface area contributed by atoms with Gasteiger partial charge in [0.2, 0.25) is 5.60 Å². The zero-order chi connectivity index (χ0) is 25.8. The van der Waals surface area contributed by atoms with Crippen molar-refractivity contribution in [3.63, 3.8) is 0 Å². The highest BCUT2D eigenvalue weighted by molar-refractivity contribution is 7.84. The topological polar surface area (TPSA) is 244 Å². The standard InChI is InChI=1S/C17H19N9O8S2/c18-16-20-9(6-35-16)11(24-34-17(1-2-17)15(29)30)13(27)21-12-10(26(14(12)28)36(31,32)33)5-25-22-7-3-19-4-8(7)23-25/h6,10,12,19H,1-5H2,(H2,18,20)(H,21,27)(H,29,30)(H,31,32,33)/b24-11-. The molecule has 5 rings (SSSR count). The molecular formula is C17H19N9O8S2. The molecule has 0 spiro atoms. The Balaban J connectivity index is 1.39. The molecule has 3 aliphatic rings. The zero-order valence-electron chi connectivity index (χ0n) is 18.2. The van der Waals surface area contributed by atoms with Gasteiger partial charge >= 0.3 is 16.3 Å². The van der Waals surface area contributed by atoms with Crippen LogP contribution in [0.5, 0.6) is 0 Å². The number of hydrogen-bond donors (Lipinski definition) is 5. The Bertz CT molecular complexity index is 1370. The molecule has 192 valence electrons. The quantitative estimate of drug-likeness (QED) is 0.0951. The van der Waals surface area contributed by atoms with Crippen LogP contribution in [0.25, 0.3) is 0 Å². The number of carbonyl (C=O) groups excluding carboxylic acids is 2. The van der Waals surface area contributed by atoms with Gasteiger partial charge in [-0.15, -0.1) is 11.3 Å². The van der Waals surface area contributed by atoms with E-state index in [1.165, 1.54) is 10.2 Å². The van der Waals surface area contributed by atoms with Gasteiger partial charge in [0, 0.05) is 31.3 Å². The van der Waals surface area contributed by atoms with E-state index in [4.69, 9.17) is 10.6 Å². The van der Waals surface area contributed by atoms with Gasteiger partial charge in [-0.1, -0.05) is 5.16 Å². The van der Waals surface area contributed by atoms with Gasteiger partial charge in [0.1, 0.15) is 29.2 Å². The molecule has 2 atom stereocenters. The van der Waals surface area contributed by atoms with Crippen molar-refractivity contribution in [1.82, 2.24) is 34.9 Å². The van der Waals surface area contributed by atoms with E-state index in [1.54, 1.807) is 0 Å². The Morgan fingerprint density at radius 2 is 2.00 bits per heavy atom. The molecule has 2 unspecified atom stereocenters. The molecule has 2 amide bonds. The first-order chi connectivity index (χ1) is 17.0. The van der Waals surface area contributed by atoms with Crippen molar-refractivity contribution < 1.29 is 37.3 Å². The van der Waals surface area contributed by atoms with Gasteiger partial charge in [-0.25, -0.2) is 14.1 Å². The summed E-state index contributed by atoms with van der Waals surface area (Å²) in [7, 11) is -4.94. The number of thiazole rings is 1. The molecule has 2 fully saturated rings. The van der Waals surface area contributed by atoms with Crippen LogP contribution in [0, 0.1) is 0 Å². The normalized spacial score (nSPS) is 22.6. The summed E-state index contributed by atoms with van der Waals surface area (Å²) in [6.07, 6.45) is 0.367. The third-order valence-electron chi connectivity index (χ3n) is 5.83. The van der Waals surface area contributed by atoms with Crippen LogP contribution >= 0.6 is 11.3 Å². The van der Waals surface area contributed by atoms with Gasteiger partial charge in [0.25, 0.3) is 11.8 Å². The number of carbonyl (C=O) groups is 3. The van der Waals surface area contributed by atoms with E-state index in [2.05, 4.69) is 31.0 Å². The lowest BCUT2D eigenvalue weighted by molar-refractivity contribution is -0.153. The lowest BCUT2D eigenvalue weighted by atomic mass is 9.98. The van der Waals surface area contributed by atoms with E-state index < -0.39 is 51.5 Å². The summed E-state index contributed by atoms with van der Waals surface area (Å²) in [6.45, 7) is 0.684. The van der Waals surface area contributed by atoms with Crippen LogP contribution in [0.2, 0.25) is 0 Å². The first-order valence-electron chi connectivity index (χ1n) is 10.4. The Kier molecular flexibility index (Phi) is 5.65. The number of oxime groups is 1. The number of fused-ring (bicyclic) bond motifs is 1. The lowest BCUT2D eigenvalue weighted by Crippen LogP contribution is -2.73. The van der Waals surface area contributed by atoms with E-state index in [1.807, 2.05) is 0 Å². The largest absolute Gasteiger partial charge is 0.478 e. The number of amides is 2.